The number of imidazole rings is 1. The number of hydrogen-bond acceptors (Lipinski definition) is 4. The number of nitrogens with one attached hydrogen (secondary N) is 1. The summed E-state index contributed by atoms with van der Waals surface area (Å²) in [7, 11) is 0. The molecule has 0 bridgehead atoms. The van der Waals surface area contributed by atoms with Crippen molar-refractivity contribution < 1.29 is 4.79 Å². The summed E-state index contributed by atoms with van der Waals surface area (Å²) in [5, 5.41) is 4.40. The number of aromatic nitrogens is 4. The van der Waals surface area contributed by atoms with E-state index in [1.165, 1.54) is 18.4 Å². The van der Waals surface area contributed by atoms with E-state index in [4.69, 9.17) is 0 Å². The predicted molar refractivity (Wildman–Crippen MR) is 103 cm³/mol. The maximum absolute atomic E-state index is 12.5. The minimum Gasteiger partial charge on any atom is -0.348 e. The molecule has 7 nitrogen and oxygen atoms in total. The summed E-state index contributed by atoms with van der Waals surface area (Å²) in [6, 6.07) is 0. The van der Waals surface area contributed by atoms with E-state index in [1.807, 2.05) is 17.1 Å². The van der Waals surface area contributed by atoms with Gasteiger partial charge in [0.15, 0.2) is 0 Å². The van der Waals surface area contributed by atoms with Crippen LogP contribution in [0.15, 0.2) is 24.9 Å². The fourth-order valence-corrected chi connectivity index (χ4v) is 4.68. The lowest BCUT2D eigenvalue weighted by atomic mass is 9.73. The lowest BCUT2D eigenvalue weighted by Gasteiger charge is -2.48. The van der Waals surface area contributed by atoms with Gasteiger partial charge in [0.25, 0.3) is 0 Å². The third-order valence-corrected chi connectivity index (χ3v) is 6.11. The Morgan fingerprint density at radius 3 is 2.96 bits per heavy atom. The van der Waals surface area contributed by atoms with E-state index in [1.54, 1.807) is 6.33 Å². The van der Waals surface area contributed by atoms with Crippen LogP contribution in [0.4, 0.5) is 0 Å². The minimum atomic E-state index is 0.251. The first-order valence-corrected chi connectivity index (χ1v) is 10.1. The highest BCUT2D eigenvalue weighted by Gasteiger charge is 2.41. The molecule has 2 aromatic heterocycles. The lowest BCUT2D eigenvalue weighted by Crippen LogP contribution is -2.54. The Bertz CT molecular complexity index is 754. The Kier molecular flexibility index (Phi) is 5.29. The van der Waals surface area contributed by atoms with Gasteiger partial charge in [-0.2, -0.15) is 5.10 Å². The second-order valence-electron chi connectivity index (χ2n) is 8.16. The van der Waals surface area contributed by atoms with Crippen molar-refractivity contribution in [3.05, 3.63) is 36.2 Å². The number of carbonyl (C=O) groups excluding carboxylic acids is 1. The normalized spacial score (nSPS) is 24.0. The van der Waals surface area contributed by atoms with Crippen molar-refractivity contribution in [1.82, 2.24) is 29.5 Å². The summed E-state index contributed by atoms with van der Waals surface area (Å²) in [6.45, 7) is 7.89. The van der Waals surface area contributed by atoms with Crippen LogP contribution >= 0.6 is 0 Å². The largest absolute Gasteiger partial charge is 0.348 e. The Morgan fingerprint density at radius 2 is 2.19 bits per heavy atom. The molecule has 146 valence electrons. The maximum Gasteiger partial charge on any atom is 0.222 e. The van der Waals surface area contributed by atoms with Crippen molar-refractivity contribution in [2.45, 2.75) is 52.1 Å². The van der Waals surface area contributed by atoms with Crippen LogP contribution in [-0.2, 0) is 24.3 Å². The SMILES string of the molecule is CCn1cc(CN2CCC[C@@]3(CCC(=O)N(CCc4cnc[nH]4)C3)C2)cn1. The summed E-state index contributed by atoms with van der Waals surface area (Å²) in [5.74, 6) is 0.307. The second kappa shape index (κ2) is 7.84. The molecule has 27 heavy (non-hydrogen) atoms. The molecule has 1 N–H and O–H groups in total. The number of aromatic amines is 1. The molecule has 2 aliphatic heterocycles. The zero-order chi connectivity index (χ0) is 18.7. The fraction of sp³-hybridized carbons (Fsp3) is 0.650. The van der Waals surface area contributed by atoms with Crippen LogP contribution in [0.3, 0.4) is 0 Å². The zero-order valence-electron chi connectivity index (χ0n) is 16.2. The number of amides is 1. The number of hydrogen-bond donors (Lipinski definition) is 1. The molecule has 0 aromatic carbocycles. The van der Waals surface area contributed by atoms with Gasteiger partial charge in [-0.1, -0.05) is 0 Å². The number of rotatable bonds is 6. The van der Waals surface area contributed by atoms with Gasteiger partial charge in [-0.25, -0.2) is 4.98 Å². The standard InChI is InChI=1S/C20H30N6O/c1-2-26-13-17(10-23-26)12-24-8-3-6-20(14-24)7-4-19(27)25(15-20)9-5-18-11-21-16-22-18/h10-11,13,16H,2-9,12,14-15H2,1H3,(H,21,22)/t20-/m1/s1. The number of H-pyrrole nitrogens is 1. The first kappa shape index (κ1) is 18.2. The van der Waals surface area contributed by atoms with E-state index in [0.29, 0.717) is 12.3 Å². The third kappa shape index (κ3) is 4.24. The molecule has 4 rings (SSSR count). The van der Waals surface area contributed by atoms with Crippen molar-refractivity contribution in [3.8, 4) is 0 Å². The average molecular weight is 371 g/mol. The first-order chi connectivity index (χ1) is 13.2. The lowest BCUT2D eigenvalue weighted by molar-refractivity contribution is -0.139. The van der Waals surface area contributed by atoms with Gasteiger partial charge >= 0.3 is 0 Å². The Balaban J connectivity index is 1.38. The topological polar surface area (TPSA) is 70.1 Å². The number of aryl methyl sites for hydroxylation is 1. The van der Waals surface area contributed by atoms with Gasteiger partial charge in [-0.3, -0.25) is 14.4 Å². The third-order valence-electron chi connectivity index (χ3n) is 6.11. The number of likely N-dealkylation sites (tertiary alicyclic amines) is 2. The van der Waals surface area contributed by atoms with E-state index in [9.17, 15) is 4.79 Å². The van der Waals surface area contributed by atoms with Crippen LogP contribution < -0.4 is 0 Å². The molecule has 7 heteroatoms. The zero-order valence-corrected chi connectivity index (χ0v) is 16.2. The Morgan fingerprint density at radius 1 is 1.26 bits per heavy atom. The van der Waals surface area contributed by atoms with Crippen molar-refractivity contribution in [2.75, 3.05) is 26.2 Å². The van der Waals surface area contributed by atoms with Gasteiger partial charge in [0, 0.05) is 74.6 Å². The predicted octanol–water partition coefficient (Wildman–Crippen LogP) is 2.07. The quantitative estimate of drug-likeness (QED) is 0.845. The second-order valence-corrected chi connectivity index (χ2v) is 8.16. The molecular formula is C20H30N6O. The van der Waals surface area contributed by atoms with Crippen LogP contribution in [0.1, 0.15) is 43.9 Å². The number of piperidine rings is 2. The maximum atomic E-state index is 12.5. The molecule has 0 saturated carbocycles. The molecule has 2 saturated heterocycles. The molecule has 0 radical (unpaired) electrons. The first-order valence-electron chi connectivity index (χ1n) is 10.1. The Labute approximate surface area is 160 Å². The molecular weight excluding hydrogens is 340 g/mol. The highest BCUT2D eigenvalue weighted by molar-refractivity contribution is 5.77. The van der Waals surface area contributed by atoms with Crippen molar-refractivity contribution in [1.29, 1.82) is 0 Å². The number of nitrogens with zero attached hydrogens (tertiary/aromatic N) is 5. The summed E-state index contributed by atoms with van der Waals surface area (Å²) in [5.41, 5.74) is 2.64. The Hall–Kier alpha value is -2.15. The van der Waals surface area contributed by atoms with Crippen LogP contribution in [0, 0.1) is 5.41 Å². The van der Waals surface area contributed by atoms with Crippen LogP contribution in [0.25, 0.3) is 0 Å². The van der Waals surface area contributed by atoms with Crippen LogP contribution in [0.5, 0.6) is 0 Å². The van der Waals surface area contributed by atoms with E-state index in [-0.39, 0.29) is 5.41 Å². The van der Waals surface area contributed by atoms with Crippen LogP contribution in [0.2, 0.25) is 0 Å². The smallest absolute Gasteiger partial charge is 0.222 e. The van der Waals surface area contributed by atoms with Gasteiger partial charge in [0.1, 0.15) is 0 Å². The van der Waals surface area contributed by atoms with Gasteiger partial charge < -0.3 is 9.88 Å². The van der Waals surface area contributed by atoms with Crippen molar-refractivity contribution in [3.63, 3.8) is 0 Å². The highest BCUT2D eigenvalue weighted by atomic mass is 16.2. The van der Waals surface area contributed by atoms with E-state index in [0.717, 1.165) is 57.8 Å². The van der Waals surface area contributed by atoms with E-state index >= 15 is 0 Å². The summed E-state index contributed by atoms with van der Waals surface area (Å²) < 4.78 is 1.99. The molecule has 1 spiro atoms. The molecule has 4 heterocycles. The molecule has 1 atom stereocenters. The monoisotopic (exact) mass is 370 g/mol. The van der Waals surface area contributed by atoms with Crippen LogP contribution in [-0.4, -0.2) is 61.6 Å². The minimum absolute atomic E-state index is 0.251. The van der Waals surface area contributed by atoms with Gasteiger partial charge in [0.05, 0.1) is 12.5 Å². The highest BCUT2D eigenvalue weighted by Crippen LogP contribution is 2.39. The van der Waals surface area contributed by atoms with Crippen molar-refractivity contribution in [2.24, 2.45) is 5.41 Å². The van der Waals surface area contributed by atoms with Crippen molar-refractivity contribution >= 4 is 5.91 Å². The van der Waals surface area contributed by atoms with Gasteiger partial charge in [-0.05, 0) is 32.7 Å². The summed E-state index contributed by atoms with van der Waals surface area (Å²) >= 11 is 0. The molecule has 2 aromatic rings. The molecule has 2 fully saturated rings. The molecule has 2 aliphatic rings. The number of carbonyl (C=O) groups is 1. The van der Waals surface area contributed by atoms with Gasteiger partial charge in [-0.15, -0.1) is 0 Å². The molecule has 1 amide bonds. The molecule has 0 unspecified atom stereocenters. The summed E-state index contributed by atoms with van der Waals surface area (Å²) in [4.78, 5) is 24.3. The van der Waals surface area contributed by atoms with Gasteiger partial charge in [0.2, 0.25) is 5.91 Å². The van der Waals surface area contributed by atoms with E-state index < -0.39 is 0 Å². The van der Waals surface area contributed by atoms with E-state index in [2.05, 4.69) is 38.0 Å². The fourth-order valence-electron chi connectivity index (χ4n) is 4.68. The molecule has 0 aliphatic carbocycles. The average Bonchev–Trinajstić information content (AvgIpc) is 3.35. The summed E-state index contributed by atoms with van der Waals surface area (Å²) in [6.07, 6.45) is 12.7.